The van der Waals surface area contributed by atoms with Crippen LogP contribution < -0.4 is 19.7 Å². The molecule has 10 rings (SSSR count). The number of esters is 1. The number of amides is 3. The lowest BCUT2D eigenvalue weighted by Crippen LogP contribution is -2.54. The SMILES string of the molecule is COCCOC(=O)N1C(=O)[C@@]2(c3cc(C#Cc4ccc(OC)cc4)ccc31)[C@H](C(=O)Nc1nc3ccccc3s1)[C@H]1C(=O)O[C@H](c3ccccc3)[C@H](c3ccccc3)N1[C@@H]2c1ccc(OCCO)cc1. The number of aromatic nitrogens is 1. The molecule has 0 aliphatic carbocycles. The Morgan fingerprint density at radius 2 is 1.43 bits per heavy atom. The minimum absolute atomic E-state index is 0.0297. The molecule has 2 N–H and O–H groups in total. The van der Waals surface area contributed by atoms with Gasteiger partial charge in [0.15, 0.2) is 5.13 Å². The van der Waals surface area contributed by atoms with Crippen molar-refractivity contribution in [2.45, 2.75) is 29.6 Å². The van der Waals surface area contributed by atoms with Crippen molar-refractivity contribution in [3.8, 4) is 23.3 Å². The molecule has 3 aliphatic heterocycles. The highest BCUT2D eigenvalue weighted by atomic mass is 32.1. The molecule has 0 saturated carbocycles. The molecule has 0 bridgehead atoms. The van der Waals surface area contributed by atoms with E-state index in [2.05, 4.69) is 17.2 Å². The van der Waals surface area contributed by atoms with Crippen molar-refractivity contribution in [2.75, 3.05) is 50.9 Å². The van der Waals surface area contributed by atoms with Crippen molar-refractivity contribution in [1.82, 2.24) is 9.88 Å². The molecule has 6 aromatic carbocycles. The average molecular weight is 955 g/mol. The van der Waals surface area contributed by atoms with Crippen LogP contribution in [0.15, 0.2) is 152 Å². The maximum atomic E-state index is 16.5. The molecule has 4 heterocycles. The number of nitrogens with zero attached hydrogens (tertiary/aromatic N) is 3. The summed E-state index contributed by atoms with van der Waals surface area (Å²) in [4.78, 5) is 70.1. The second kappa shape index (κ2) is 19.6. The van der Waals surface area contributed by atoms with Gasteiger partial charge in [0.25, 0.3) is 0 Å². The van der Waals surface area contributed by atoms with E-state index in [0.717, 1.165) is 15.2 Å². The third kappa shape index (κ3) is 8.20. The lowest BCUT2D eigenvalue weighted by molar-refractivity contribution is -0.177. The van der Waals surface area contributed by atoms with Gasteiger partial charge in [-0.05, 0) is 89.0 Å². The molecule has 3 aliphatic rings. The summed E-state index contributed by atoms with van der Waals surface area (Å²) in [7, 11) is 3.05. The number of hydrogen-bond donors (Lipinski definition) is 2. The van der Waals surface area contributed by atoms with Crippen LogP contribution in [0.1, 0.15) is 51.6 Å². The van der Waals surface area contributed by atoms with Crippen LogP contribution in [-0.4, -0.2) is 85.6 Å². The number of thiazole rings is 1. The molecule has 2 saturated heterocycles. The van der Waals surface area contributed by atoms with Crippen molar-refractivity contribution in [1.29, 1.82) is 0 Å². The van der Waals surface area contributed by atoms with Crippen LogP contribution >= 0.6 is 11.3 Å². The van der Waals surface area contributed by atoms with E-state index < -0.39 is 59.4 Å². The number of nitrogens with one attached hydrogen (secondary N) is 1. The van der Waals surface area contributed by atoms with Crippen LogP contribution in [0.3, 0.4) is 0 Å². The Kier molecular flexibility index (Phi) is 12.9. The Morgan fingerprint density at radius 3 is 2.13 bits per heavy atom. The zero-order valence-electron chi connectivity index (χ0n) is 38.0. The first kappa shape index (κ1) is 45.9. The smallest absolute Gasteiger partial charge is 0.421 e. The summed E-state index contributed by atoms with van der Waals surface area (Å²) in [5, 5.41) is 12.9. The number of cyclic esters (lactones) is 1. The summed E-state index contributed by atoms with van der Waals surface area (Å²) in [5.74, 6) is 3.71. The monoisotopic (exact) mass is 954 g/mol. The number of benzene rings is 6. The van der Waals surface area contributed by atoms with E-state index in [4.69, 9.17) is 28.7 Å². The zero-order chi connectivity index (χ0) is 48.4. The number of anilines is 2. The number of carbonyl (C=O) groups is 4. The van der Waals surface area contributed by atoms with E-state index >= 15 is 14.4 Å². The van der Waals surface area contributed by atoms with Crippen LogP contribution in [0.5, 0.6) is 11.5 Å². The van der Waals surface area contributed by atoms with Crippen LogP contribution in [0, 0.1) is 17.8 Å². The van der Waals surface area contributed by atoms with Gasteiger partial charge in [0.1, 0.15) is 42.3 Å². The molecule has 6 atom stereocenters. The van der Waals surface area contributed by atoms with Gasteiger partial charge in [0, 0.05) is 18.2 Å². The summed E-state index contributed by atoms with van der Waals surface area (Å²) >= 11 is 1.25. The molecule has 2 fully saturated rings. The number of methoxy groups -OCH3 is 2. The van der Waals surface area contributed by atoms with Crippen LogP contribution in [0.25, 0.3) is 10.2 Å². The highest BCUT2D eigenvalue weighted by Crippen LogP contribution is 2.66. The van der Waals surface area contributed by atoms with Crippen molar-refractivity contribution in [2.24, 2.45) is 5.92 Å². The van der Waals surface area contributed by atoms with E-state index in [1.807, 2.05) is 102 Å². The van der Waals surface area contributed by atoms with Crippen molar-refractivity contribution in [3.05, 3.63) is 185 Å². The molecule has 0 unspecified atom stereocenters. The third-order valence-corrected chi connectivity index (χ3v) is 13.9. The summed E-state index contributed by atoms with van der Waals surface area (Å²) in [5.41, 5.74) is 2.07. The maximum Gasteiger partial charge on any atom is 0.421 e. The van der Waals surface area contributed by atoms with Gasteiger partial charge in [-0.2, -0.15) is 0 Å². The second-order valence-electron chi connectivity index (χ2n) is 16.8. The van der Waals surface area contributed by atoms with Crippen molar-refractivity contribution in [3.63, 3.8) is 0 Å². The molecular formula is C55H46N4O10S. The highest BCUT2D eigenvalue weighted by molar-refractivity contribution is 7.22. The topological polar surface area (TPSA) is 166 Å². The van der Waals surface area contributed by atoms with Gasteiger partial charge in [-0.3, -0.25) is 19.3 Å². The first-order valence-corrected chi connectivity index (χ1v) is 23.5. The fraction of sp³-hybridized carbons (Fsp3) is 0.218. The van der Waals surface area contributed by atoms with Crippen molar-refractivity contribution >= 4 is 56.2 Å². The van der Waals surface area contributed by atoms with E-state index in [0.29, 0.717) is 39.3 Å². The summed E-state index contributed by atoms with van der Waals surface area (Å²) < 4.78 is 29.5. The molecule has 352 valence electrons. The third-order valence-electron chi connectivity index (χ3n) is 13.0. The number of para-hydroxylation sites is 1. The fourth-order valence-electron chi connectivity index (χ4n) is 10.1. The molecule has 14 nitrogen and oxygen atoms in total. The first-order valence-electron chi connectivity index (χ1n) is 22.6. The average Bonchev–Trinajstić information content (AvgIpc) is 4.03. The lowest BCUT2D eigenvalue weighted by atomic mass is 9.65. The van der Waals surface area contributed by atoms with Gasteiger partial charge in [-0.25, -0.2) is 14.7 Å². The number of rotatable bonds is 12. The van der Waals surface area contributed by atoms with E-state index in [1.54, 1.807) is 61.7 Å². The Bertz CT molecular complexity index is 3110. The van der Waals surface area contributed by atoms with Gasteiger partial charge in [-0.1, -0.05) is 108 Å². The molecule has 70 heavy (non-hydrogen) atoms. The Labute approximate surface area is 407 Å². The van der Waals surface area contributed by atoms with E-state index in [1.165, 1.54) is 18.4 Å². The van der Waals surface area contributed by atoms with E-state index in [-0.39, 0.29) is 42.8 Å². The summed E-state index contributed by atoms with van der Waals surface area (Å²) in [6.45, 7) is -0.320. The quantitative estimate of drug-likeness (QED) is 0.0687. The minimum Gasteiger partial charge on any atom is -0.497 e. The van der Waals surface area contributed by atoms with Gasteiger partial charge in [0.05, 0.1) is 54.2 Å². The van der Waals surface area contributed by atoms with E-state index in [9.17, 15) is 9.90 Å². The van der Waals surface area contributed by atoms with Gasteiger partial charge in [0.2, 0.25) is 11.8 Å². The second-order valence-corrected chi connectivity index (χ2v) is 17.9. The summed E-state index contributed by atoms with van der Waals surface area (Å²) in [6, 6.07) is 42.1. The molecule has 0 radical (unpaired) electrons. The van der Waals surface area contributed by atoms with Crippen LogP contribution in [0.2, 0.25) is 0 Å². The molecule has 7 aromatic rings. The fourth-order valence-corrected chi connectivity index (χ4v) is 10.9. The Morgan fingerprint density at radius 1 is 0.757 bits per heavy atom. The van der Waals surface area contributed by atoms with Gasteiger partial charge < -0.3 is 34.1 Å². The number of morpholine rings is 1. The van der Waals surface area contributed by atoms with Gasteiger partial charge in [-0.15, -0.1) is 0 Å². The number of ether oxygens (including phenoxy) is 5. The Hall–Kier alpha value is -7.87. The number of imide groups is 1. The highest BCUT2D eigenvalue weighted by Gasteiger charge is 2.76. The predicted octanol–water partition coefficient (Wildman–Crippen LogP) is 8.16. The molecule has 15 heteroatoms. The number of aliphatic hydroxyl groups excluding tert-OH is 1. The van der Waals surface area contributed by atoms with Crippen LogP contribution in [-0.2, 0) is 34.0 Å². The minimum atomic E-state index is -2.08. The molecule has 3 amide bonds. The number of carbonyl (C=O) groups excluding carboxylic acids is 4. The molecular weight excluding hydrogens is 909 g/mol. The number of hydrogen-bond acceptors (Lipinski definition) is 13. The normalized spacial score (nSPS) is 21.4. The number of fused-ring (bicyclic) bond motifs is 4. The first-order chi connectivity index (χ1) is 34.2. The Balaban J connectivity index is 1.26. The predicted molar refractivity (Wildman–Crippen MR) is 261 cm³/mol. The zero-order valence-corrected chi connectivity index (χ0v) is 38.8. The van der Waals surface area contributed by atoms with Gasteiger partial charge >= 0.3 is 12.1 Å². The largest absolute Gasteiger partial charge is 0.497 e. The standard InChI is InChI=1S/C55H46N4O10S/c1-65-31-32-68-54(64)58-43-28-21-35(18-17-34-19-24-39(66-2)25-20-34)33-41(43)55(52(58)63)45(50(61)57-53-56-42-15-9-10-16-44(42)70-53)47-51(62)69-48(37-13-7-4-8-14-37)46(36-11-5-3-6-12-36)59(47)49(55)38-22-26-40(27-23-38)67-30-29-60/h3-16,19-28,33,45-49,60H,29-32H2,1-2H3,(H,56,57,61)/t45-,46-,47-,48+,49+,55-/m0/s1. The molecule has 1 spiro atoms. The molecule has 1 aromatic heterocycles. The lowest BCUT2D eigenvalue weighted by Gasteiger charge is -2.46. The van der Waals surface area contributed by atoms with Crippen molar-refractivity contribution < 1.29 is 48.0 Å². The maximum absolute atomic E-state index is 16.5. The van der Waals surface area contributed by atoms with Crippen LogP contribution in [0.4, 0.5) is 15.6 Å². The number of aliphatic hydroxyl groups is 1. The summed E-state index contributed by atoms with van der Waals surface area (Å²) in [6.07, 6.45) is -1.93.